The van der Waals surface area contributed by atoms with E-state index in [0.29, 0.717) is 6.04 Å². The van der Waals surface area contributed by atoms with Crippen LogP contribution in [0, 0.1) is 5.92 Å². The number of carboxylic acids is 1. The average Bonchev–Trinajstić information content (AvgIpc) is 2.42. The van der Waals surface area contributed by atoms with Gasteiger partial charge in [-0.2, -0.15) is 0 Å². The van der Waals surface area contributed by atoms with Gasteiger partial charge < -0.3 is 10.4 Å². The Bertz CT molecular complexity index is 205. The first-order valence-electron chi connectivity index (χ1n) is 5.26. The molecule has 1 saturated heterocycles. The maximum absolute atomic E-state index is 10.8. The summed E-state index contributed by atoms with van der Waals surface area (Å²) in [5.41, 5.74) is 0. The molecule has 0 aromatic carbocycles. The normalized spacial score (nSPS) is 39.5. The van der Waals surface area contributed by atoms with E-state index in [9.17, 15) is 4.79 Å². The van der Waals surface area contributed by atoms with Crippen LogP contribution in [0.15, 0.2) is 0 Å². The molecular weight excluding hydrogens is 166 g/mol. The lowest BCUT2D eigenvalue weighted by molar-refractivity contribution is -0.139. The van der Waals surface area contributed by atoms with E-state index < -0.39 is 5.97 Å². The van der Waals surface area contributed by atoms with Crippen molar-refractivity contribution in [1.29, 1.82) is 0 Å². The maximum Gasteiger partial charge on any atom is 0.320 e. The Hall–Kier alpha value is -0.570. The van der Waals surface area contributed by atoms with Gasteiger partial charge in [-0.3, -0.25) is 4.79 Å². The molecule has 2 fully saturated rings. The molecular formula is C10H17NO2. The van der Waals surface area contributed by atoms with Crippen LogP contribution in [0.25, 0.3) is 0 Å². The zero-order valence-corrected chi connectivity index (χ0v) is 7.83. The lowest BCUT2D eigenvalue weighted by Crippen LogP contribution is -2.42. The Morgan fingerprint density at radius 2 is 1.85 bits per heavy atom. The maximum atomic E-state index is 10.8. The SMILES string of the molecule is O=C(O)[C@@H]1CCC[C@@H]2CCC[C@H]2N1. The standard InChI is InChI=1S/C10H17NO2/c12-10(13)9-6-2-4-7-3-1-5-8(7)11-9/h7-9,11H,1-6H2,(H,12,13)/t7-,8+,9-/m0/s1. The number of rotatable bonds is 1. The van der Waals surface area contributed by atoms with Crippen molar-refractivity contribution in [3.8, 4) is 0 Å². The molecule has 3 atom stereocenters. The summed E-state index contributed by atoms with van der Waals surface area (Å²) in [5.74, 6) is 0.0805. The molecule has 0 aromatic heterocycles. The first-order valence-corrected chi connectivity index (χ1v) is 5.26. The number of fused-ring (bicyclic) bond motifs is 1. The number of carboxylic acid groups (broad SMARTS) is 1. The van der Waals surface area contributed by atoms with Gasteiger partial charge in [0.15, 0.2) is 0 Å². The number of nitrogens with one attached hydrogen (secondary N) is 1. The van der Waals surface area contributed by atoms with Crippen molar-refractivity contribution < 1.29 is 9.90 Å². The van der Waals surface area contributed by atoms with Crippen LogP contribution in [0.4, 0.5) is 0 Å². The summed E-state index contributed by atoms with van der Waals surface area (Å²) in [4.78, 5) is 10.8. The third-order valence-electron chi connectivity index (χ3n) is 3.44. The predicted molar refractivity (Wildman–Crippen MR) is 49.5 cm³/mol. The summed E-state index contributed by atoms with van der Waals surface area (Å²) in [7, 11) is 0. The van der Waals surface area contributed by atoms with Crippen molar-refractivity contribution in [2.45, 2.75) is 50.6 Å². The highest BCUT2D eigenvalue weighted by Crippen LogP contribution is 2.32. The highest BCUT2D eigenvalue weighted by Gasteiger charge is 2.33. The number of aliphatic carboxylic acids is 1. The van der Waals surface area contributed by atoms with Gasteiger partial charge in [0.2, 0.25) is 0 Å². The van der Waals surface area contributed by atoms with Crippen molar-refractivity contribution in [2.75, 3.05) is 0 Å². The molecule has 2 aliphatic rings. The van der Waals surface area contributed by atoms with Gasteiger partial charge >= 0.3 is 5.97 Å². The highest BCUT2D eigenvalue weighted by atomic mass is 16.4. The first-order chi connectivity index (χ1) is 6.27. The second-order valence-electron chi connectivity index (χ2n) is 4.29. The van der Waals surface area contributed by atoms with Crippen LogP contribution in [0.5, 0.6) is 0 Å². The van der Waals surface area contributed by atoms with Crippen molar-refractivity contribution in [3.63, 3.8) is 0 Å². The molecule has 2 N–H and O–H groups in total. The van der Waals surface area contributed by atoms with Gasteiger partial charge in [0.05, 0.1) is 0 Å². The van der Waals surface area contributed by atoms with E-state index in [1.165, 1.54) is 25.7 Å². The molecule has 1 aliphatic heterocycles. The molecule has 2 rings (SSSR count). The third kappa shape index (κ3) is 1.85. The van der Waals surface area contributed by atoms with Crippen LogP contribution in [0.2, 0.25) is 0 Å². The number of carbonyl (C=O) groups is 1. The third-order valence-corrected chi connectivity index (χ3v) is 3.44. The molecule has 0 amide bonds. The molecule has 0 spiro atoms. The smallest absolute Gasteiger partial charge is 0.320 e. The predicted octanol–water partition coefficient (Wildman–Crippen LogP) is 1.38. The van der Waals surface area contributed by atoms with Gasteiger partial charge in [0.1, 0.15) is 6.04 Å². The van der Waals surface area contributed by atoms with Gasteiger partial charge in [0, 0.05) is 6.04 Å². The summed E-state index contributed by atoms with van der Waals surface area (Å²) >= 11 is 0. The van der Waals surface area contributed by atoms with Crippen LogP contribution < -0.4 is 5.32 Å². The summed E-state index contributed by atoms with van der Waals surface area (Å²) in [6.45, 7) is 0. The lowest BCUT2D eigenvalue weighted by Gasteiger charge is -2.19. The van der Waals surface area contributed by atoms with Crippen molar-refractivity contribution >= 4 is 5.97 Å². The fraction of sp³-hybridized carbons (Fsp3) is 0.900. The van der Waals surface area contributed by atoms with Gasteiger partial charge in [-0.15, -0.1) is 0 Å². The highest BCUT2D eigenvalue weighted by molar-refractivity contribution is 5.73. The number of hydrogen-bond donors (Lipinski definition) is 2. The molecule has 0 aromatic rings. The van der Waals surface area contributed by atoms with E-state index in [-0.39, 0.29) is 6.04 Å². The molecule has 0 unspecified atom stereocenters. The fourth-order valence-electron chi connectivity index (χ4n) is 2.72. The van der Waals surface area contributed by atoms with E-state index in [4.69, 9.17) is 5.11 Å². The molecule has 1 aliphatic carbocycles. The summed E-state index contributed by atoms with van der Waals surface area (Å²) in [6.07, 6.45) is 6.85. The van der Waals surface area contributed by atoms with Crippen LogP contribution >= 0.6 is 0 Å². The second-order valence-corrected chi connectivity index (χ2v) is 4.29. The van der Waals surface area contributed by atoms with E-state index in [1.807, 2.05) is 0 Å². The molecule has 3 nitrogen and oxygen atoms in total. The monoisotopic (exact) mass is 183 g/mol. The summed E-state index contributed by atoms with van der Waals surface area (Å²) in [5, 5.41) is 12.2. The zero-order chi connectivity index (χ0) is 9.26. The minimum Gasteiger partial charge on any atom is -0.480 e. The average molecular weight is 183 g/mol. The molecule has 0 bridgehead atoms. The molecule has 3 heteroatoms. The van der Waals surface area contributed by atoms with Gasteiger partial charge in [0.25, 0.3) is 0 Å². The van der Waals surface area contributed by atoms with E-state index in [1.54, 1.807) is 0 Å². The molecule has 13 heavy (non-hydrogen) atoms. The van der Waals surface area contributed by atoms with Crippen LogP contribution in [0.1, 0.15) is 38.5 Å². The Morgan fingerprint density at radius 1 is 1.15 bits per heavy atom. The van der Waals surface area contributed by atoms with Gasteiger partial charge in [-0.25, -0.2) is 0 Å². The van der Waals surface area contributed by atoms with Crippen LogP contribution in [-0.2, 0) is 4.79 Å². The number of hydrogen-bond acceptors (Lipinski definition) is 2. The Kier molecular flexibility index (Phi) is 2.54. The van der Waals surface area contributed by atoms with Gasteiger partial charge in [-0.1, -0.05) is 12.8 Å². The zero-order valence-electron chi connectivity index (χ0n) is 7.83. The molecule has 74 valence electrons. The molecule has 1 heterocycles. The first kappa shape index (κ1) is 9.00. The van der Waals surface area contributed by atoms with Gasteiger partial charge in [-0.05, 0) is 31.6 Å². The summed E-state index contributed by atoms with van der Waals surface area (Å²) < 4.78 is 0. The molecule has 0 radical (unpaired) electrons. The fourth-order valence-corrected chi connectivity index (χ4v) is 2.72. The minimum absolute atomic E-state index is 0.284. The molecule has 1 saturated carbocycles. The topological polar surface area (TPSA) is 49.3 Å². The second kappa shape index (κ2) is 3.66. The van der Waals surface area contributed by atoms with Crippen molar-refractivity contribution in [2.24, 2.45) is 5.92 Å². The van der Waals surface area contributed by atoms with E-state index in [0.717, 1.165) is 18.8 Å². The largest absolute Gasteiger partial charge is 0.480 e. The van der Waals surface area contributed by atoms with Crippen LogP contribution in [-0.4, -0.2) is 23.2 Å². The Balaban J connectivity index is 2.00. The van der Waals surface area contributed by atoms with Crippen LogP contribution in [0.3, 0.4) is 0 Å². The Morgan fingerprint density at radius 3 is 2.54 bits per heavy atom. The van der Waals surface area contributed by atoms with Crippen molar-refractivity contribution in [3.05, 3.63) is 0 Å². The lowest BCUT2D eigenvalue weighted by atomic mass is 9.99. The van der Waals surface area contributed by atoms with E-state index in [2.05, 4.69) is 5.32 Å². The minimum atomic E-state index is -0.674. The van der Waals surface area contributed by atoms with E-state index >= 15 is 0 Å². The van der Waals surface area contributed by atoms with Crippen molar-refractivity contribution in [1.82, 2.24) is 5.32 Å². The quantitative estimate of drug-likeness (QED) is 0.645. The summed E-state index contributed by atoms with van der Waals surface area (Å²) in [6, 6.07) is 0.205. The Labute approximate surface area is 78.5 Å².